The van der Waals surface area contributed by atoms with E-state index in [1.165, 1.54) is 31.3 Å². The van der Waals surface area contributed by atoms with E-state index in [0.717, 1.165) is 4.68 Å². The zero-order chi connectivity index (χ0) is 27.1. The summed E-state index contributed by atoms with van der Waals surface area (Å²) in [5, 5.41) is 8.04. The van der Waals surface area contributed by atoms with Crippen LogP contribution in [0.5, 0.6) is 0 Å². The number of nitrogens with two attached hydrogens (primary N) is 1. The van der Waals surface area contributed by atoms with E-state index in [-0.39, 0.29) is 50.5 Å². The standard InChI is InChI=1S/C24H16ClF6N5O/c1-12-20(21-19(18(32)6-7-33-21)22(37)16-4-2-3-5-17(16)25)34-35-36(12)11-13-8-14(23(26,27)28)10-15(9-13)24(29,30)31/h2-10H,11H2,1H3,(H2,32,33). The van der Waals surface area contributed by atoms with Crippen molar-refractivity contribution in [1.82, 2.24) is 20.0 Å². The minimum absolute atomic E-state index is 0.0239. The van der Waals surface area contributed by atoms with Crippen LogP contribution in [-0.2, 0) is 18.9 Å². The number of halogens is 7. The number of carbonyl (C=O) groups excluding carboxylic acids is 1. The number of anilines is 1. The molecule has 6 nitrogen and oxygen atoms in total. The first-order valence-electron chi connectivity index (χ1n) is 10.5. The first-order chi connectivity index (χ1) is 17.3. The van der Waals surface area contributed by atoms with Crippen molar-refractivity contribution in [3.63, 3.8) is 0 Å². The Labute approximate surface area is 210 Å². The molecule has 0 aliphatic rings. The monoisotopic (exact) mass is 539 g/mol. The molecule has 0 spiro atoms. The molecule has 0 fully saturated rings. The maximum atomic E-state index is 13.3. The van der Waals surface area contributed by atoms with Gasteiger partial charge in [0.1, 0.15) is 11.4 Å². The topological polar surface area (TPSA) is 86.7 Å². The Hall–Kier alpha value is -3.93. The van der Waals surface area contributed by atoms with Crippen LogP contribution in [0.15, 0.2) is 54.7 Å². The summed E-state index contributed by atoms with van der Waals surface area (Å²) in [6, 6.07) is 8.93. The highest BCUT2D eigenvalue weighted by atomic mass is 35.5. The third-order valence-corrected chi connectivity index (χ3v) is 5.85. The average Bonchev–Trinajstić information content (AvgIpc) is 3.17. The van der Waals surface area contributed by atoms with Gasteiger partial charge < -0.3 is 5.73 Å². The van der Waals surface area contributed by atoms with Crippen LogP contribution in [-0.4, -0.2) is 25.8 Å². The summed E-state index contributed by atoms with van der Waals surface area (Å²) < 4.78 is 80.6. The van der Waals surface area contributed by atoms with Crippen molar-refractivity contribution in [1.29, 1.82) is 0 Å². The van der Waals surface area contributed by atoms with Crippen LogP contribution >= 0.6 is 11.6 Å². The maximum absolute atomic E-state index is 13.3. The van der Waals surface area contributed by atoms with Gasteiger partial charge in [-0.05, 0) is 48.9 Å². The van der Waals surface area contributed by atoms with Gasteiger partial charge in [-0.15, -0.1) is 5.10 Å². The summed E-state index contributed by atoms with van der Waals surface area (Å²) in [4.78, 5) is 17.5. The van der Waals surface area contributed by atoms with Crippen LogP contribution in [0.25, 0.3) is 11.4 Å². The van der Waals surface area contributed by atoms with Crippen molar-refractivity contribution in [3.05, 3.63) is 93.3 Å². The predicted molar refractivity (Wildman–Crippen MR) is 123 cm³/mol. The Balaban J connectivity index is 1.77. The van der Waals surface area contributed by atoms with Crippen LogP contribution in [0.2, 0.25) is 5.02 Å². The Kier molecular flexibility index (Phi) is 6.72. The van der Waals surface area contributed by atoms with Crippen molar-refractivity contribution in [2.75, 3.05) is 5.73 Å². The van der Waals surface area contributed by atoms with Crippen LogP contribution in [0, 0.1) is 6.92 Å². The lowest BCUT2D eigenvalue weighted by Gasteiger charge is -2.14. The summed E-state index contributed by atoms with van der Waals surface area (Å²) in [6.07, 6.45) is -8.65. The normalized spacial score (nSPS) is 12.1. The number of nitrogen functional groups attached to an aromatic ring is 1. The molecule has 0 aliphatic heterocycles. The van der Waals surface area contributed by atoms with E-state index in [9.17, 15) is 31.1 Å². The number of carbonyl (C=O) groups is 1. The molecule has 0 saturated carbocycles. The first-order valence-corrected chi connectivity index (χ1v) is 10.9. The van der Waals surface area contributed by atoms with Gasteiger partial charge in [0.2, 0.25) is 0 Å². The van der Waals surface area contributed by atoms with Crippen molar-refractivity contribution >= 4 is 23.1 Å². The lowest BCUT2D eigenvalue weighted by Crippen LogP contribution is -2.13. The third-order valence-electron chi connectivity index (χ3n) is 5.52. The van der Waals surface area contributed by atoms with Gasteiger partial charge in [0.15, 0.2) is 5.78 Å². The first kappa shape index (κ1) is 26.1. The number of alkyl halides is 6. The second-order valence-corrected chi connectivity index (χ2v) is 8.44. The van der Waals surface area contributed by atoms with E-state index >= 15 is 0 Å². The molecular formula is C24H16ClF6N5O. The second kappa shape index (κ2) is 9.51. The van der Waals surface area contributed by atoms with Gasteiger partial charge in [0, 0.05) is 17.4 Å². The fourth-order valence-corrected chi connectivity index (χ4v) is 3.91. The molecule has 13 heteroatoms. The number of nitrogens with zero attached hydrogens (tertiary/aromatic N) is 4. The Morgan fingerprint density at radius 3 is 2.19 bits per heavy atom. The summed E-state index contributed by atoms with van der Waals surface area (Å²) in [5.74, 6) is -0.548. The quantitative estimate of drug-likeness (QED) is 0.241. The molecule has 0 atom stereocenters. The minimum atomic E-state index is -4.99. The highest BCUT2D eigenvalue weighted by molar-refractivity contribution is 6.35. The minimum Gasteiger partial charge on any atom is -0.398 e. The van der Waals surface area contributed by atoms with E-state index in [2.05, 4.69) is 15.3 Å². The van der Waals surface area contributed by atoms with Gasteiger partial charge >= 0.3 is 12.4 Å². The second-order valence-electron chi connectivity index (χ2n) is 8.03. The molecule has 0 bridgehead atoms. The highest BCUT2D eigenvalue weighted by Gasteiger charge is 2.37. The van der Waals surface area contributed by atoms with Crippen LogP contribution in [0.3, 0.4) is 0 Å². The number of pyridine rings is 1. The zero-order valence-electron chi connectivity index (χ0n) is 18.8. The number of benzene rings is 2. The van der Waals surface area contributed by atoms with Crippen molar-refractivity contribution in [2.24, 2.45) is 0 Å². The fraction of sp³-hybridized carbons (Fsp3) is 0.167. The van der Waals surface area contributed by atoms with Crippen LogP contribution in [0.1, 0.15) is 38.3 Å². The third kappa shape index (κ3) is 5.29. The molecule has 0 aliphatic carbocycles. The molecule has 0 saturated heterocycles. The van der Waals surface area contributed by atoms with Crippen molar-refractivity contribution in [2.45, 2.75) is 25.8 Å². The molecule has 0 radical (unpaired) electrons. The van der Waals surface area contributed by atoms with Gasteiger partial charge in [-0.2, -0.15) is 26.3 Å². The number of rotatable bonds is 5. The molecule has 4 aromatic rings. The number of ketones is 1. The van der Waals surface area contributed by atoms with Crippen molar-refractivity contribution in [3.8, 4) is 11.4 Å². The number of hydrogen-bond acceptors (Lipinski definition) is 5. The average molecular weight is 540 g/mol. The van der Waals surface area contributed by atoms with Crippen molar-refractivity contribution < 1.29 is 31.1 Å². The molecule has 192 valence electrons. The smallest absolute Gasteiger partial charge is 0.398 e. The molecule has 2 heterocycles. The summed E-state index contributed by atoms with van der Waals surface area (Å²) >= 11 is 6.16. The molecule has 37 heavy (non-hydrogen) atoms. The van der Waals surface area contributed by atoms with E-state index in [1.54, 1.807) is 12.1 Å². The predicted octanol–water partition coefficient (Wildman–Crippen LogP) is 6.20. The lowest BCUT2D eigenvalue weighted by molar-refractivity contribution is -0.143. The molecule has 2 aromatic carbocycles. The SMILES string of the molecule is Cc1c(-c2nccc(N)c2C(=O)c2ccccc2Cl)nnn1Cc1cc(C(F)(F)F)cc(C(F)(F)F)c1. The zero-order valence-corrected chi connectivity index (χ0v) is 19.6. The summed E-state index contributed by atoms with van der Waals surface area (Å²) in [7, 11) is 0. The molecule has 0 unspecified atom stereocenters. The molecule has 4 rings (SSSR count). The van der Waals surface area contributed by atoms with E-state index in [1.807, 2.05) is 0 Å². The van der Waals surface area contributed by atoms with E-state index in [4.69, 9.17) is 17.3 Å². The number of aromatic nitrogens is 4. The van der Waals surface area contributed by atoms with Gasteiger partial charge in [-0.3, -0.25) is 9.78 Å². The lowest BCUT2D eigenvalue weighted by atomic mass is 9.98. The molecule has 2 N–H and O–H groups in total. The summed E-state index contributed by atoms with van der Waals surface area (Å²) in [5.41, 5.74) is 3.42. The van der Waals surface area contributed by atoms with Crippen LogP contribution < -0.4 is 5.73 Å². The summed E-state index contributed by atoms with van der Waals surface area (Å²) in [6.45, 7) is 1.03. The number of hydrogen-bond donors (Lipinski definition) is 1. The van der Waals surface area contributed by atoms with Gasteiger partial charge in [-0.25, -0.2) is 4.68 Å². The van der Waals surface area contributed by atoms with Gasteiger partial charge in [0.25, 0.3) is 0 Å². The molecule has 2 aromatic heterocycles. The molecular weight excluding hydrogens is 524 g/mol. The highest BCUT2D eigenvalue weighted by Crippen LogP contribution is 2.37. The van der Waals surface area contributed by atoms with Crippen LogP contribution in [0.4, 0.5) is 32.0 Å². The largest absolute Gasteiger partial charge is 0.416 e. The Bertz CT molecular complexity index is 1460. The Morgan fingerprint density at radius 1 is 0.973 bits per heavy atom. The fourth-order valence-electron chi connectivity index (χ4n) is 3.69. The van der Waals surface area contributed by atoms with E-state index < -0.39 is 35.8 Å². The van der Waals surface area contributed by atoms with Gasteiger partial charge in [0.05, 0.1) is 34.0 Å². The Morgan fingerprint density at radius 2 is 1.59 bits per heavy atom. The van der Waals surface area contributed by atoms with E-state index in [0.29, 0.717) is 12.1 Å². The molecule has 0 amide bonds. The van der Waals surface area contributed by atoms with Gasteiger partial charge in [-0.1, -0.05) is 28.9 Å². The maximum Gasteiger partial charge on any atom is 0.416 e.